The van der Waals surface area contributed by atoms with Gasteiger partial charge in [-0.05, 0) is 23.8 Å². The normalized spacial score (nSPS) is 11.6. The van der Waals surface area contributed by atoms with Gasteiger partial charge in [0.25, 0.3) is 11.5 Å². The summed E-state index contributed by atoms with van der Waals surface area (Å²) in [5.41, 5.74) is 1.09. The van der Waals surface area contributed by atoms with E-state index in [-0.39, 0.29) is 0 Å². The highest BCUT2D eigenvalue weighted by atomic mass is 19.4. The number of rotatable bonds is 4. The summed E-state index contributed by atoms with van der Waals surface area (Å²) in [7, 11) is 0. The number of nitrogens with zero attached hydrogens (tertiary/aromatic N) is 3. The van der Waals surface area contributed by atoms with Gasteiger partial charge in [-0.25, -0.2) is 5.43 Å². The average molecular weight is 324 g/mol. The molecule has 2 heterocycles. The van der Waals surface area contributed by atoms with E-state index < -0.39 is 29.8 Å². The quantitative estimate of drug-likeness (QED) is 0.682. The van der Waals surface area contributed by atoms with E-state index in [0.29, 0.717) is 22.4 Å². The Morgan fingerprint density at radius 3 is 2.61 bits per heavy atom. The van der Waals surface area contributed by atoms with Gasteiger partial charge in [-0.15, -0.1) is 0 Å². The van der Waals surface area contributed by atoms with Crippen molar-refractivity contribution in [2.45, 2.75) is 12.7 Å². The van der Waals surface area contributed by atoms with E-state index in [1.165, 1.54) is 18.6 Å². The first kappa shape index (κ1) is 16.4. The minimum absolute atomic E-state index is 0.573. The molecular weight excluding hydrogens is 313 g/mol. The molecule has 0 spiro atoms. The van der Waals surface area contributed by atoms with Crippen LogP contribution in [0.25, 0.3) is 0 Å². The van der Waals surface area contributed by atoms with Gasteiger partial charge in [-0.2, -0.15) is 18.3 Å². The zero-order chi connectivity index (χ0) is 16.9. The number of pyridine rings is 2. The number of carbonyl (C=O) groups is 1. The molecule has 6 nitrogen and oxygen atoms in total. The maximum absolute atomic E-state index is 12.6. The number of alkyl halides is 3. The van der Waals surface area contributed by atoms with Gasteiger partial charge in [0.15, 0.2) is 0 Å². The topological polar surface area (TPSA) is 76.3 Å². The van der Waals surface area contributed by atoms with E-state index in [2.05, 4.69) is 15.5 Å². The van der Waals surface area contributed by atoms with E-state index in [4.69, 9.17) is 0 Å². The lowest BCUT2D eigenvalue weighted by atomic mass is 10.3. The van der Waals surface area contributed by atoms with Crippen molar-refractivity contribution in [1.82, 2.24) is 15.0 Å². The summed E-state index contributed by atoms with van der Waals surface area (Å²) < 4.78 is 38.4. The molecule has 23 heavy (non-hydrogen) atoms. The smallest absolute Gasteiger partial charge is 0.305 e. The van der Waals surface area contributed by atoms with Crippen LogP contribution in [-0.4, -0.2) is 21.7 Å². The van der Waals surface area contributed by atoms with Crippen molar-refractivity contribution in [3.8, 4) is 0 Å². The van der Waals surface area contributed by atoms with Crippen LogP contribution in [0.3, 0.4) is 0 Å². The Labute approximate surface area is 128 Å². The number of hydrogen-bond acceptors (Lipinski definition) is 4. The van der Waals surface area contributed by atoms with Gasteiger partial charge in [0, 0.05) is 24.7 Å². The van der Waals surface area contributed by atoms with Crippen LogP contribution >= 0.6 is 0 Å². The predicted molar refractivity (Wildman–Crippen MR) is 75.7 cm³/mol. The molecule has 0 atom stereocenters. The highest BCUT2D eigenvalue weighted by molar-refractivity contribution is 5.82. The highest BCUT2D eigenvalue weighted by Gasteiger charge is 2.31. The number of halogens is 3. The van der Waals surface area contributed by atoms with Crippen LogP contribution in [0, 0.1) is 0 Å². The highest BCUT2D eigenvalue weighted by Crippen LogP contribution is 2.27. The van der Waals surface area contributed by atoms with E-state index in [0.717, 1.165) is 6.07 Å². The molecule has 0 bridgehead atoms. The molecule has 9 heteroatoms. The van der Waals surface area contributed by atoms with Gasteiger partial charge < -0.3 is 4.57 Å². The second kappa shape index (κ2) is 6.86. The SMILES string of the molecule is O=C(Cn1cc(C(F)(F)F)ccc1=O)N/N=C\c1ccncc1. The van der Waals surface area contributed by atoms with Crippen LogP contribution < -0.4 is 11.0 Å². The maximum atomic E-state index is 12.6. The molecule has 0 aliphatic rings. The third kappa shape index (κ3) is 4.77. The Morgan fingerprint density at radius 1 is 1.26 bits per heavy atom. The summed E-state index contributed by atoms with van der Waals surface area (Å²) in [4.78, 5) is 26.9. The second-order valence-electron chi connectivity index (χ2n) is 4.46. The van der Waals surface area contributed by atoms with Crippen LogP contribution in [0.2, 0.25) is 0 Å². The predicted octanol–water partition coefficient (Wildman–Crippen LogP) is 1.41. The van der Waals surface area contributed by atoms with Crippen molar-refractivity contribution >= 4 is 12.1 Å². The minimum Gasteiger partial charge on any atom is -0.305 e. The third-order valence-electron chi connectivity index (χ3n) is 2.73. The Balaban J connectivity index is 2.03. The van der Waals surface area contributed by atoms with Crippen LogP contribution in [0.5, 0.6) is 0 Å². The number of aromatic nitrogens is 2. The molecule has 2 rings (SSSR count). The van der Waals surface area contributed by atoms with Crippen molar-refractivity contribution in [2.24, 2.45) is 5.10 Å². The number of amides is 1. The zero-order valence-electron chi connectivity index (χ0n) is 11.6. The van der Waals surface area contributed by atoms with Gasteiger partial charge in [0.1, 0.15) is 6.54 Å². The molecule has 0 radical (unpaired) electrons. The van der Waals surface area contributed by atoms with Crippen LogP contribution in [-0.2, 0) is 17.5 Å². The standard InChI is InChI=1S/C14H11F3N4O2/c15-14(16,17)11-1-2-13(23)21(8-11)9-12(22)20-19-7-10-3-5-18-6-4-10/h1-8H,9H2,(H,20,22)/b19-7-. The van der Waals surface area contributed by atoms with Gasteiger partial charge >= 0.3 is 6.18 Å². The summed E-state index contributed by atoms with van der Waals surface area (Å²) in [6.07, 6.45) is 0.408. The first-order valence-corrected chi connectivity index (χ1v) is 6.36. The first-order chi connectivity index (χ1) is 10.9. The molecule has 120 valence electrons. The number of hydrazone groups is 1. The molecule has 0 aliphatic heterocycles. The summed E-state index contributed by atoms with van der Waals surface area (Å²) in [5.74, 6) is -0.725. The molecule has 0 aliphatic carbocycles. The zero-order valence-corrected chi connectivity index (χ0v) is 11.6. The van der Waals surface area contributed by atoms with Crippen LogP contribution in [0.1, 0.15) is 11.1 Å². The minimum atomic E-state index is -4.59. The lowest BCUT2D eigenvalue weighted by molar-refractivity contribution is -0.138. The molecule has 2 aromatic heterocycles. The second-order valence-corrected chi connectivity index (χ2v) is 4.46. The Kier molecular flexibility index (Phi) is 4.89. The summed E-state index contributed by atoms with van der Waals surface area (Å²) >= 11 is 0. The molecule has 2 aromatic rings. The fraction of sp³-hybridized carbons (Fsp3) is 0.143. The van der Waals surface area contributed by atoms with E-state index in [1.54, 1.807) is 12.1 Å². The van der Waals surface area contributed by atoms with Gasteiger partial charge in [0.2, 0.25) is 0 Å². The number of nitrogens with one attached hydrogen (secondary N) is 1. The van der Waals surface area contributed by atoms with E-state index >= 15 is 0 Å². The monoisotopic (exact) mass is 324 g/mol. The number of hydrogen-bond donors (Lipinski definition) is 1. The van der Waals surface area contributed by atoms with Crippen molar-refractivity contribution in [3.63, 3.8) is 0 Å². The lowest BCUT2D eigenvalue weighted by Crippen LogP contribution is -2.30. The molecule has 1 amide bonds. The van der Waals surface area contributed by atoms with Crippen molar-refractivity contribution < 1.29 is 18.0 Å². The van der Waals surface area contributed by atoms with Crippen molar-refractivity contribution in [3.05, 3.63) is 64.3 Å². The average Bonchev–Trinajstić information content (AvgIpc) is 2.49. The summed E-state index contributed by atoms with van der Waals surface area (Å²) in [6, 6.07) is 4.72. The van der Waals surface area contributed by atoms with E-state index in [9.17, 15) is 22.8 Å². The molecule has 0 unspecified atom stereocenters. The van der Waals surface area contributed by atoms with Gasteiger partial charge in [0.05, 0.1) is 11.8 Å². The maximum Gasteiger partial charge on any atom is 0.417 e. The Morgan fingerprint density at radius 2 is 1.96 bits per heavy atom. The van der Waals surface area contributed by atoms with Gasteiger partial charge in [-0.3, -0.25) is 14.6 Å². The Hall–Kier alpha value is -2.97. The summed E-state index contributed by atoms with van der Waals surface area (Å²) in [6.45, 7) is -0.573. The van der Waals surface area contributed by atoms with E-state index in [1.807, 2.05) is 0 Å². The fourth-order valence-electron chi connectivity index (χ4n) is 1.64. The fourth-order valence-corrected chi connectivity index (χ4v) is 1.64. The van der Waals surface area contributed by atoms with Gasteiger partial charge in [-0.1, -0.05) is 0 Å². The molecule has 0 saturated carbocycles. The molecule has 0 aromatic carbocycles. The van der Waals surface area contributed by atoms with Crippen LogP contribution in [0.15, 0.2) is 52.8 Å². The molecular formula is C14H11F3N4O2. The van der Waals surface area contributed by atoms with Crippen molar-refractivity contribution in [1.29, 1.82) is 0 Å². The summed E-state index contributed by atoms with van der Waals surface area (Å²) in [5, 5.41) is 3.65. The molecule has 1 N–H and O–H groups in total. The largest absolute Gasteiger partial charge is 0.417 e. The van der Waals surface area contributed by atoms with Crippen molar-refractivity contribution in [2.75, 3.05) is 0 Å². The molecule has 0 saturated heterocycles. The third-order valence-corrected chi connectivity index (χ3v) is 2.73. The Bertz CT molecular complexity index is 770. The lowest BCUT2D eigenvalue weighted by Gasteiger charge is -2.09. The first-order valence-electron chi connectivity index (χ1n) is 6.36. The van der Waals surface area contributed by atoms with Crippen LogP contribution in [0.4, 0.5) is 13.2 Å². The number of carbonyl (C=O) groups excluding carboxylic acids is 1. The molecule has 0 fully saturated rings.